The average molecular weight is 458 g/mol. The van der Waals surface area contributed by atoms with Gasteiger partial charge in [0.05, 0.1) is 16.4 Å². The zero-order valence-electron chi connectivity index (χ0n) is 16.8. The molecule has 1 saturated heterocycles. The Bertz CT molecular complexity index is 973. The number of unbranched alkanes of at least 4 members (excludes halogenated alkanes) is 1. The van der Waals surface area contributed by atoms with Crippen LogP contribution in [-0.4, -0.2) is 50.8 Å². The maximum atomic E-state index is 10.3. The maximum Gasteiger partial charge on any atom is 0.172 e. The first-order chi connectivity index (χ1) is 14.2. The number of aromatic hydroxyl groups is 1. The average Bonchev–Trinajstić information content (AvgIpc) is 3.12. The summed E-state index contributed by atoms with van der Waals surface area (Å²) in [5.41, 5.74) is 2.18. The molecule has 1 aromatic carbocycles. The van der Waals surface area contributed by atoms with Gasteiger partial charge in [0.2, 0.25) is 0 Å². The minimum Gasteiger partial charge on any atom is -0.507 e. The third-order valence-corrected chi connectivity index (χ3v) is 6.17. The van der Waals surface area contributed by atoms with Gasteiger partial charge in [-0.25, -0.2) is 4.98 Å². The number of phenolic OH excluding ortho intramolecular Hbond substituents is 1. The fourth-order valence-corrected chi connectivity index (χ4v) is 4.39. The van der Waals surface area contributed by atoms with Crippen molar-refractivity contribution in [1.29, 1.82) is 0 Å². The van der Waals surface area contributed by atoms with Crippen molar-refractivity contribution in [2.24, 2.45) is 5.92 Å². The molecule has 7 heteroatoms. The molecule has 0 radical (unpaired) electrons. The molecule has 0 amide bonds. The summed E-state index contributed by atoms with van der Waals surface area (Å²) in [5, 5.41) is 18.4. The molecule has 0 saturated carbocycles. The smallest absolute Gasteiger partial charge is 0.172 e. The van der Waals surface area contributed by atoms with Crippen LogP contribution in [-0.2, 0) is 0 Å². The number of anilines is 1. The van der Waals surface area contributed by atoms with Crippen LogP contribution in [0.3, 0.4) is 0 Å². The lowest BCUT2D eigenvalue weighted by atomic mass is 9.97. The Morgan fingerprint density at radius 2 is 2.17 bits per heavy atom. The molecule has 1 atom stereocenters. The first-order valence-electron chi connectivity index (χ1n) is 10.4. The zero-order chi connectivity index (χ0) is 20.2. The SMILES string of the molecule is CCCCN1CCCC(CNc2cc(-c3ccccc3O)nc3c(Br)cnn23)C1. The Morgan fingerprint density at radius 1 is 1.31 bits per heavy atom. The molecule has 6 nitrogen and oxygen atoms in total. The van der Waals surface area contributed by atoms with Crippen LogP contribution in [0, 0.1) is 5.92 Å². The minimum absolute atomic E-state index is 0.227. The highest BCUT2D eigenvalue weighted by Crippen LogP contribution is 2.31. The summed E-state index contributed by atoms with van der Waals surface area (Å²) in [7, 11) is 0. The summed E-state index contributed by atoms with van der Waals surface area (Å²) in [6.07, 6.45) is 6.79. The van der Waals surface area contributed by atoms with Crippen LogP contribution in [0.2, 0.25) is 0 Å². The highest BCUT2D eigenvalue weighted by Gasteiger charge is 2.20. The summed E-state index contributed by atoms with van der Waals surface area (Å²) in [5.74, 6) is 1.74. The molecule has 1 aliphatic heterocycles. The zero-order valence-corrected chi connectivity index (χ0v) is 18.4. The van der Waals surface area contributed by atoms with E-state index in [4.69, 9.17) is 4.98 Å². The van der Waals surface area contributed by atoms with E-state index in [2.05, 4.69) is 38.2 Å². The molecular weight excluding hydrogens is 430 g/mol. The number of hydrogen-bond donors (Lipinski definition) is 2. The van der Waals surface area contributed by atoms with Crippen LogP contribution in [0.25, 0.3) is 16.9 Å². The Morgan fingerprint density at radius 3 is 3.00 bits per heavy atom. The van der Waals surface area contributed by atoms with E-state index in [-0.39, 0.29) is 5.75 Å². The van der Waals surface area contributed by atoms with E-state index < -0.39 is 0 Å². The number of likely N-dealkylation sites (tertiary alicyclic amines) is 1. The van der Waals surface area contributed by atoms with Gasteiger partial charge in [-0.1, -0.05) is 25.5 Å². The molecule has 1 unspecified atom stereocenters. The number of halogens is 1. The van der Waals surface area contributed by atoms with Crippen LogP contribution < -0.4 is 5.32 Å². The molecule has 1 fully saturated rings. The number of nitrogens with zero attached hydrogens (tertiary/aromatic N) is 4. The van der Waals surface area contributed by atoms with Gasteiger partial charge in [-0.3, -0.25) is 0 Å². The fraction of sp³-hybridized carbons (Fsp3) is 0.455. The Kier molecular flexibility index (Phi) is 6.35. The molecule has 2 aromatic heterocycles. The number of phenols is 1. The van der Waals surface area contributed by atoms with Crippen LogP contribution in [0.5, 0.6) is 5.75 Å². The third-order valence-electron chi connectivity index (χ3n) is 5.61. The molecule has 0 bridgehead atoms. The monoisotopic (exact) mass is 457 g/mol. The Labute approximate surface area is 180 Å². The van der Waals surface area contributed by atoms with Crippen molar-refractivity contribution in [2.75, 3.05) is 31.5 Å². The van der Waals surface area contributed by atoms with Gasteiger partial charge in [0.1, 0.15) is 11.6 Å². The number of aromatic nitrogens is 3. The largest absolute Gasteiger partial charge is 0.507 e. The van der Waals surface area contributed by atoms with E-state index >= 15 is 0 Å². The van der Waals surface area contributed by atoms with Gasteiger partial charge in [-0.05, 0) is 66.3 Å². The fourth-order valence-electron chi connectivity index (χ4n) is 4.04. The lowest BCUT2D eigenvalue weighted by Gasteiger charge is -2.33. The second-order valence-electron chi connectivity index (χ2n) is 7.82. The normalized spacial score (nSPS) is 17.7. The van der Waals surface area contributed by atoms with Gasteiger partial charge >= 0.3 is 0 Å². The second-order valence-corrected chi connectivity index (χ2v) is 8.67. The topological polar surface area (TPSA) is 65.7 Å². The van der Waals surface area contributed by atoms with Gasteiger partial charge in [-0.2, -0.15) is 9.61 Å². The lowest BCUT2D eigenvalue weighted by molar-refractivity contribution is 0.178. The molecule has 154 valence electrons. The third kappa shape index (κ3) is 4.56. The summed E-state index contributed by atoms with van der Waals surface area (Å²) in [6.45, 7) is 6.73. The van der Waals surface area contributed by atoms with Crippen LogP contribution in [0.15, 0.2) is 41.0 Å². The molecule has 3 aromatic rings. The second kappa shape index (κ2) is 9.13. The van der Waals surface area contributed by atoms with Crippen molar-refractivity contribution in [3.8, 4) is 17.0 Å². The summed E-state index contributed by atoms with van der Waals surface area (Å²) < 4.78 is 2.66. The molecule has 1 aliphatic rings. The van der Waals surface area contributed by atoms with Crippen LogP contribution >= 0.6 is 15.9 Å². The van der Waals surface area contributed by atoms with Crippen LogP contribution in [0.4, 0.5) is 5.82 Å². The van der Waals surface area contributed by atoms with E-state index in [1.165, 1.54) is 38.8 Å². The number of para-hydroxylation sites is 1. The number of hydrogen-bond acceptors (Lipinski definition) is 5. The first-order valence-corrected chi connectivity index (χ1v) is 11.2. The molecule has 0 spiro atoms. The van der Waals surface area contributed by atoms with Crippen molar-refractivity contribution < 1.29 is 5.11 Å². The van der Waals surface area contributed by atoms with E-state index in [1.54, 1.807) is 12.3 Å². The standard InChI is InChI=1S/C22H28BrN5O/c1-2-3-10-27-11-6-7-16(15-27)13-24-21-12-19(17-8-4-5-9-20(17)29)26-22-18(23)14-25-28(21)22/h4-5,8-9,12,14,16,24,29H,2-3,6-7,10-11,13,15H2,1H3. The van der Waals surface area contributed by atoms with E-state index in [0.29, 0.717) is 5.92 Å². The first kappa shape index (κ1) is 20.2. The van der Waals surface area contributed by atoms with Crippen molar-refractivity contribution in [2.45, 2.75) is 32.6 Å². The van der Waals surface area contributed by atoms with Crippen molar-refractivity contribution in [3.05, 3.63) is 41.0 Å². The number of rotatable bonds is 7. The molecule has 29 heavy (non-hydrogen) atoms. The highest BCUT2D eigenvalue weighted by molar-refractivity contribution is 9.10. The summed E-state index contributed by atoms with van der Waals surface area (Å²) >= 11 is 3.54. The predicted octanol–water partition coefficient (Wildman–Crippen LogP) is 4.79. The Hall–Kier alpha value is -2.12. The molecule has 0 aliphatic carbocycles. The van der Waals surface area contributed by atoms with E-state index in [1.807, 2.05) is 28.8 Å². The minimum atomic E-state index is 0.227. The number of nitrogens with one attached hydrogen (secondary N) is 1. The Balaban J connectivity index is 1.56. The molecular formula is C22H28BrN5O. The molecule has 4 rings (SSSR count). The van der Waals surface area contributed by atoms with E-state index in [9.17, 15) is 5.11 Å². The van der Waals surface area contributed by atoms with Crippen molar-refractivity contribution in [3.63, 3.8) is 0 Å². The number of fused-ring (bicyclic) bond motifs is 1. The maximum absolute atomic E-state index is 10.3. The highest BCUT2D eigenvalue weighted by atomic mass is 79.9. The van der Waals surface area contributed by atoms with Crippen molar-refractivity contribution >= 4 is 27.4 Å². The van der Waals surface area contributed by atoms with Crippen molar-refractivity contribution in [1.82, 2.24) is 19.5 Å². The number of piperidine rings is 1. The summed E-state index contributed by atoms with van der Waals surface area (Å²) in [4.78, 5) is 7.31. The van der Waals surface area contributed by atoms with Crippen LogP contribution in [0.1, 0.15) is 32.6 Å². The predicted molar refractivity (Wildman–Crippen MR) is 120 cm³/mol. The van der Waals surface area contributed by atoms with Gasteiger partial charge in [-0.15, -0.1) is 0 Å². The van der Waals surface area contributed by atoms with E-state index in [0.717, 1.165) is 40.3 Å². The quantitative estimate of drug-likeness (QED) is 0.533. The van der Waals surface area contributed by atoms with Gasteiger partial charge in [0.15, 0.2) is 5.65 Å². The van der Waals surface area contributed by atoms with Gasteiger partial charge in [0.25, 0.3) is 0 Å². The van der Waals surface area contributed by atoms with Gasteiger partial charge in [0, 0.05) is 24.7 Å². The molecule has 2 N–H and O–H groups in total. The molecule has 3 heterocycles. The van der Waals surface area contributed by atoms with Gasteiger partial charge < -0.3 is 15.3 Å². The lowest BCUT2D eigenvalue weighted by Crippen LogP contribution is -2.38. The summed E-state index contributed by atoms with van der Waals surface area (Å²) in [6, 6.07) is 9.27. The number of benzene rings is 1.